The van der Waals surface area contributed by atoms with Crippen molar-refractivity contribution in [3.63, 3.8) is 0 Å². The smallest absolute Gasteiger partial charge is 0.251 e. The lowest BCUT2D eigenvalue weighted by atomic mass is 9.80. The Morgan fingerprint density at radius 1 is 1.35 bits per heavy atom. The molecule has 0 aliphatic heterocycles. The molecule has 0 spiro atoms. The molecule has 1 N–H and O–H groups in total. The standard InChI is InChI=1S/C16H19ClN2O/c17-9-14-5-1-2-6-15(14)11-19-16(20)13-7-3-4-12(8-13)10-18/h3-4,7-8,14-15H,1-2,5-6,9,11H2,(H,19,20). The van der Waals surface area contributed by atoms with Gasteiger partial charge in [-0.1, -0.05) is 18.9 Å². The van der Waals surface area contributed by atoms with Gasteiger partial charge >= 0.3 is 0 Å². The molecule has 1 aliphatic carbocycles. The summed E-state index contributed by atoms with van der Waals surface area (Å²) in [5.41, 5.74) is 1.05. The summed E-state index contributed by atoms with van der Waals surface area (Å²) in [6.07, 6.45) is 4.76. The Labute approximate surface area is 124 Å². The second kappa shape index (κ2) is 7.31. The molecule has 1 saturated carbocycles. The van der Waals surface area contributed by atoms with Crippen molar-refractivity contribution < 1.29 is 4.79 Å². The molecule has 20 heavy (non-hydrogen) atoms. The van der Waals surface area contributed by atoms with Crippen LogP contribution in [0.5, 0.6) is 0 Å². The maximum atomic E-state index is 12.1. The number of rotatable bonds is 4. The summed E-state index contributed by atoms with van der Waals surface area (Å²) in [5, 5.41) is 11.8. The number of alkyl halides is 1. The number of amides is 1. The second-order valence-corrected chi connectivity index (χ2v) is 5.67. The van der Waals surface area contributed by atoms with Gasteiger partial charge in [0.1, 0.15) is 0 Å². The van der Waals surface area contributed by atoms with Gasteiger partial charge in [0.25, 0.3) is 5.91 Å². The molecular weight excluding hydrogens is 272 g/mol. The number of benzene rings is 1. The molecule has 2 unspecified atom stereocenters. The van der Waals surface area contributed by atoms with Crippen LogP contribution in [0.4, 0.5) is 0 Å². The van der Waals surface area contributed by atoms with Crippen molar-refractivity contribution in [2.45, 2.75) is 25.7 Å². The predicted molar refractivity (Wildman–Crippen MR) is 79.7 cm³/mol. The zero-order valence-corrected chi connectivity index (χ0v) is 12.2. The van der Waals surface area contributed by atoms with Crippen LogP contribution in [0.2, 0.25) is 0 Å². The fourth-order valence-electron chi connectivity index (χ4n) is 2.81. The summed E-state index contributed by atoms with van der Waals surface area (Å²) in [6.45, 7) is 0.674. The van der Waals surface area contributed by atoms with Crippen molar-refractivity contribution in [1.29, 1.82) is 5.26 Å². The summed E-state index contributed by atoms with van der Waals surface area (Å²) in [5.74, 6) is 1.55. The van der Waals surface area contributed by atoms with E-state index in [1.807, 2.05) is 6.07 Å². The third kappa shape index (κ3) is 3.74. The minimum Gasteiger partial charge on any atom is -0.352 e. The number of hydrogen-bond acceptors (Lipinski definition) is 2. The van der Waals surface area contributed by atoms with Crippen LogP contribution in [0, 0.1) is 23.2 Å². The second-order valence-electron chi connectivity index (χ2n) is 5.36. The van der Waals surface area contributed by atoms with E-state index in [-0.39, 0.29) is 5.91 Å². The van der Waals surface area contributed by atoms with Crippen LogP contribution in [-0.2, 0) is 0 Å². The maximum Gasteiger partial charge on any atom is 0.251 e. The Morgan fingerprint density at radius 2 is 2.10 bits per heavy atom. The first-order chi connectivity index (χ1) is 9.74. The van der Waals surface area contributed by atoms with Gasteiger partial charge in [0.05, 0.1) is 11.6 Å². The van der Waals surface area contributed by atoms with Crippen LogP contribution < -0.4 is 5.32 Å². The average molecular weight is 291 g/mol. The van der Waals surface area contributed by atoms with Crippen molar-refractivity contribution >= 4 is 17.5 Å². The van der Waals surface area contributed by atoms with E-state index in [0.29, 0.717) is 35.4 Å². The van der Waals surface area contributed by atoms with Gasteiger partial charge in [-0.25, -0.2) is 0 Å². The van der Waals surface area contributed by atoms with Gasteiger partial charge in [-0.2, -0.15) is 5.26 Å². The van der Waals surface area contributed by atoms with E-state index in [2.05, 4.69) is 5.32 Å². The molecule has 2 atom stereocenters. The van der Waals surface area contributed by atoms with E-state index in [1.54, 1.807) is 24.3 Å². The molecule has 0 aromatic heterocycles. The topological polar surface area (TPSA) is 52.9 Å². The zero-order chi connectivity index (χ0) is 14.4. The normalized spacial score (nSPS) is 22.0. The molecule has 1 aliphatic rings. The predicted octanol–water partition coefficient (Wildman–Crippen LogP) is 3.33. The summed E-state index contributed by atoms with van der Waals surface area (Å²) < 4.78 is 0. The van der Waals surface area contributed by atoms with Crippen LogP contribution in [0.25, 0.3) is 0 Å². The molecule has 4 heteroatoms. The fraction of sp³-hybridized carbons (Fsp3) is 0.500. The summed E-state index contributed by atoms with van der Waals surface area (Å²) in [4.78, 5) is 12.1. The molecule has 2 rings (SSSR count). The minimum absolute atomic E-state index is 0.110. The van der Waals surface area contributed by atoms with Gasteiger partial charge in [-0.15, -0.1) is 11.6 Å². The van der Waals surface area contributed by atoms with Crippen molar-refractivity contribution in [3.8, 4) is 6.07 Å². The molecule has 0 bridgehead atoms. The highest BCUT2D eigenvalue weighted by molar-refractivity contribution is 6.18. The molecule has 0 heterocycles. The van der Waals surface area contributed by atoms with Gasteiger partial charge in [0.2, 0.25) is 0 Å². The SMILES string of the molecule is N#Cc1cccc(C(=O)NCC2CCCCC2CCl)c1. The summed E-state index contributed by atoms with van der Waals surface area (Å²) in [6, 6.07) is 8.83. The monoisotopic (exact) mass is 290 g/mol. The number of hydrogen-bond donors (Lipinski definition) is 1. The Kier molecular flexibility index (Phi) is 5.43. The lowest BCUT2D eigenvalue weighted by Crippen LogP contribution is -2.34. The van der Waals surface area contributed by atoms with Crippen molar-refractivity contribution in [2.24, 2.45) is 11.8 Å². The van der Waals surface area contributed by atoms with Crippen molar-refractivity contribution in [1.82, 2.24) is 5.32 Å². The summed E-state index contributed by atoms with van der Waals surface area (Å²) >= 11 is 6.00. The van der Waals surface area contributed by atoms with Crippen LogP contribution in [0.3, 0.4) is 0 Å². The number of nitriles is 1. The fourth-order valence-corrected chi connectivity index (χ4v) is 3.22. The van der Waals surface area contributed by atoms with Gasteiger partial charge in [-0.3, -0.25) is 4.79 Å². The first-order valence-corrected chi connectivity index (χ1v) is 7.62. The van der Waals surface area contributed by atoms with Crippen molar-refractivity contribution in [2.75, 3.05) is 12.4 Å². The Balaban J connectivity index is 1.92. The number of carbonyl (C=O) groups excluding carboxylic acids is 1. The molecule has 1 amide bonds. The first kappa shape index (κ1) is 14.9. The number of nitrogens with zero attached hydrogens (tertiary/aromatic N) is 1. The highest BCUT2D eigenvalue weighted by atomic mass is 35.5. The Morgan fingerprint density at radius 3 is 2.80 bits per heavy atom. The lowest BCUT2D eigenvalue weighted by Gasteiger charge is -2.30. The number of nitrogens with one attached hydrogen (secondary N) is 1. The van der Waals surface area contributed by atoms with Gasteiger partial charge in [0, 0.05) is 18.0 Å². The van der Waals surface area contributed by atoms with E-state index in [0.717, 1.165) is 12.8 Å². The molecule has 106 valence electrons. The van der Waals surface area contributed by atoms with E-state index in [4.69, 9.17) is 16.9 Å². The number of carbonyl (C=O) groups is 1. The lowest BCUT2D eigenvalue weighted by molar-refractivity contribution is 0.0936. The van der Waals surface area contributed by atoms with Gasteiger partial charge < -0.3 is 5.32 Å². The third-order valence-corrected chi connectivity index (χ3v) is 4.44. The quantitative estimate of drug-likeness (QED) is 0.865. The maximum absolute atomic E-state index is 12.1. The first-order valence-electron chi connectivity index (χ1n) is 7.09. The van der Waals surface area contributed by atoms with Gasteiger partial charge in [-0.05, 0) is 42.9 Å². The minimum atomic E-state index is -0.110. The third-order valence-electron chi connectivity index (χ3n) is 4.04. The molecule has 1 aromatic carbocycles. The van der Waals surface area contributed by atoms with E-state index in [1.165, 1.54) is 12.8 Å². The number of halogens is 1. The molecular formula is C16H19ClN2O. The Hall–Kier alpha value is -1.53. The van der Waals surface area contributed by atoms with Crippen LogP contribution >= 0.6 is 11.6 Å². The molecule has 0 saturated heterocycles. The molecule has 0 radical (unpaired) electrons. The molecule has 1 fully saturated rings. The highest BCUT2D eigenvalue weighted by Gasteiger charge is 2.24. The van der Waals surface area contributed by atoms with Crippen LogP contribution in [-0.4, -0.2) is 18.3 Å². The van der Waals surface area contributed by atoms with Gasteiger partial charge in [0.15, 0.2) is 0 Å². The highest BCUT2D eigenvalue weighted by Crippen LogP contribution is 2.30. The Bertz CT molecular complexity index is 509. The zero-order valence-electron chi connectivity index (χ0n) is 11.4. The van der Waals surface area contributed by atoms with E-state index >= 15 is 0 Å². The van der Waals surface area contributed by atoms with E-state index < -0.39 is 0 Å². The van der Waals surface area contributed by atoms with Crippen molar-refractivity contribution in [3.05, 3.63) is 35.4 Å². The van der Waals surface area contributed by atoms with Crippen LogP contribution in [0.1, 0.15) is 41.6 Å². The molecule has 1 aromatic rings. The molecule has 3 nitrogen and oxygen atoms in total. The van der Waals surface area contributed by atoms with Crippen LogP contribution in [0.15, 0.2) is 24.3 Å². The van der Waals surface area contributed by atoms with E-state index in [9.17, 15) is 4.79 Å². The average Bonchev–Trinajstić information content (AvgIpc) is 2.52. The largest absolute Gasteiger partial charge is 0.352 e. The summed E-state index contributed by atoms with van der Waals surface area (Å²) in [7, 11) is 0.